The fourth-order valence-corrected chi connectivity index (χ4v) is 3.22. The van der Waals surface area contributed by atoms with Crippen molar-refractivity contribution in [1.82, 2.24) is 14.2 Å². The highest BCUT2D eigenvalue weighted by atomic mass is 16.7. The first-order valence-corrected chi connectivity index (χ1v) is 9.01. The lowest BCUT2D eigenvalue weighted by molar-refractivity contribution is -0.116. The number of aromatic nitrogens is 3. The average Bonchev–Trinajstić information content (AvgIpc) is 3.37. The van der Waals surface area contributed by atoms with E-state index >= 15 is 0 Å². The topological polar surface area (TPSA) is 86.9 Å². The molecule has 0 atom stereocenters. The number of carbonyl (C=O) groups is 1. The van der Waals surface area contributed by atoms with Crippen molar-refractivity contribution < 1.29 is 14.3 Å². The van der Waals surface area contributed by atoms with Crippen LogP contribution in [0.15, 0.2) is 71.8 Å². The highest BCUT2D eigenvalue weighted by molar-refractivity contribution is 5.90. The van der Waals surface area contributed by atoms with Gasteiger partial charge in [-0.25, -0.2) is 4.52 Å². The van der Waals surface area contributed by atoms with Crippen molar-refractivity contribution in [3.63, 3.8) is 0 Å². The molecule has 0 saturated carbocycles. The molecule has 1 aliphatic rings. The summed E-state index contributed by atoms with van der Waals surface area (Å²) in [5, 5.41) is 7.24. The number of nitrogens with zero attached hydrogens (tertiary/aromatic N) is 3. The number of fused-ring (bicyclic) bond motifs is 2. The molecule has 0 spiro atoms. The Hall–Kier alpha value is -4.07. The molecule has 8 nitrogen and oxygen atoms in total. The molecule has 144 valence electrons. The highest BCUT2D eigenvalue weighted by Crippen LogP contribution is 2.35. The predicted octanol–water partition coefficient (Wildman–Crippen LogP) is 2.53. The quantitative estimate of drug-likeness (QED) is 0.581. The number of amides is 1. The largest absolute Gasteiger partial charge is 0.454 e. The van der Waals surface area contributed by atoms with Gasteiger partial charge in [0, 0.05) is 23.6 Å². The van der Waals surface area contributed by atoms with E-state index in [0.717, 1.165) is 5.56 Å². The van der Waals surface area contributed by atoms with Gasteiger partial charge in [0.05, 0.1) is 5.69 Å². The molecule has 0 bridgehead atoms. The summed E-state index contributed by atoms with van der Waals surface area (Å²) in [6, 6.07) is 16.3. The molecule has 29 heavy (non-hydrogen) atoms. The monoisotopic (exact) mass is 388 g/mol. The minimum absolute atomic E-state index is 0.0885. The highest BCUT2D eigenvalue weighted by Gasteiger charge is 2.16. The Kier molecular flexibility index (Phi) is 4.02. The number of hydrogen-bond donors (Lipinski definition) is 1. The van der Waals surface area contributed by atoms with Gasteiger partial charge in [0.2, 0.25) is 12.7 Å². The van der Waals surface area contributed by atoms with E-state index in [0.29, 0.717) is 28.4 Å². The lowest BCUT2D eigenvalue weighted by Gasteiger charge is -2.07. The number of benzene rings is 2. The maximum atomic E-state index is 12.8. The minimum atomic E-state index is -0.296. The third-order valence-electron chi connectivity index (χ3n) is 4.64. The van der Waals surface area contributed by atoms with E-state index in [9.17, 15) is 9.59 Å². The summed E-state index contributed by atoms with van der Waals surface area (Å²) in [6.45, 7) is 0.106. The van der Waals surface area contributed by atoms with Gasteiger partial charge in [-0.3, -0.25) is 9.59 Å². The van der Waals surface area contributed by atoms with E-state index in [4.69, 9.17) is 9.47 Å². The second-order valence-corrected chi connectivity index (χ2v) is 6.57. The molecule has 0 unspecified atom stereocenters. The van der Waals surface area contributed by atoms with Gasteiger partial charge in [0.25, 0.3) is 5.56 Å². The predicted molar refractivity (Wildman–Crippen MR) is 106 cm³/mol. The number of carbonyl (C=O) groups excluding carboxylic acids is 1. The van der Waals surface area contributed by atoms with Crippen LogP contribution in [0.4, 0.5) is 5.69 Å². The summed E-state index contributed by atoms with van der Waals surface area (Å²) >= 11 is 0. The van der Waals surface area contributed by atoms with Gasteiger partial charge >= 0.3 is 0 Å². The van der Waals surface area contributed by atoms with Crippen molar-refractivity contribution in [3.8, 4) is 22.8 Å². The van der Waals surface area contributed by atoms with Crippen LogP contribution in [0, 0.1) is 0 Å². The van der Waals surface area contributed by atoms with Crippen LogP contribution in [0.1, 0.15) is 0 Å². The summed E-state index contributed by atoms with van der Waals surface area (Å²) in [6.07, 6.45) is 3.21. The second kappa shape index (κ2) is 6.83. The van der Waals surface area contributed by atoms with Crippen molar-refractivity contribution in [3.05, 3.63) is 77.3 Å². The molecule has 1 amide bonds. The molecular formula is C21H16N4O4. The summed E-state index contributed by atoms with van der Waals surface area (Å²) < 4.78 is 13.6. The Morgan fingerprint density at radius 2 is 1.86 bits per heavy atom. The maximum absolute atomic E-state index is 12.8. The van der Waals surface area contributed by atoms with Crippen LogP contribution in [0.3, 0.4) is 0 Å². The van der Waals surface area contributed by atoms with E-state index in [2.05, 4.69) is 10.4 Å². The Morgan fingerprint density at radius 1 is 1.03 bits per heavy atom. The Labute approximate surface area is 164 Å². The number of ether oxygens (including phenoxy) is 2. The zero-order valence-corrected chi connectivity index (χ0v) is 15.2. The Morgan fingerprint density at radius 3 is 2.72 bits per heavy atom. The number of para-hydroxylation sites is 1. The smallest absolute Gasteiger partial charge is 0.277 e. The lowest BCUT2D eigenvalue weighted by Crippen LogP contribution is -2.28. The third kappa shape index (κ3) is 3.20. The van der Waals surface area contributed by atoms with E-state index in [1.165, 1.54) is 9.08 Å². The molecular weight excluding hydrogens is 372 g/mol. The lowest BCUT2D eigenvalue weighted by atomic mass is 10.1. The van der Waals surface area contributed by atoms with Gasteiger partial charge in [-0.05, 0) is 36.4 Å². The molecule has 2 aromatic heterocycles. The molecule has 5 rings (SSSR count). The van der Waals surface area contributed by atoms with Crippen LogP contribution in [0.25, 0.3) is 16.8 Å². The molecule has 1 aliphatic heterocycles. The molecule has 2 aromatic carbocycles. The van der Waals surface area contributed by atoms with Crippen LogP contribution >= 0.6 is 0 Å². The fraction of sp³-hybridized carbons (Fsp3) is 0.0952. The molecule has 0 aliphatic carbocycles. The van der Waals surface area contributed by atoms with Gasteiger partial charge in [-0.15, -0.1) is 0 Å². The van der Waals surface area contributed by atoms with Gasteiger partial charge in [0.1, 0.15) is 12.1 Å². The number of nitrogens with one attached hydrogen (secondary N) is 1. The molecule has 0 radical (unpaired) electrons. The van der Waals surface area contributed by atoms with Crippen LogP contribution < -0.4 is 20.3 Å². The Bertz CT molecular complexity index is 1280. The number of anilines is 1. The number of hydrogen-bond acceptors (Lipinski definition) is 5. The molecule has 8 heteroatoms. The molecule has 4 aromatic rings. The van der Waals surface area contributed by atoms with Crippen molar-refractivity contribution in [2.24, 2.45) is 0 Å². The summed E-state index contributed by atoms with van der Waals surface area (Å²) in [5.74, 6) is 1.05. The third-order valence-corrected chi connectivity index (χ3v) is 4.64. The van der Waals surface area contributed by atoms with E-state index < -0.39 is 0 Å². The molecule has 1 N–H and O–H groups in total. The van der Waals surface area contributed by atoms with Crippen molar-refractivity contribution >= 4 is 17.1 Å². The van der Waals surface area contributed by atoms with Gasteiger partial charge in [-0.1, -0.05) is 18.2 Å². The summed E-state index contributed by atoms with van der Waals surface area (Å²) in [4.78, 5) is 25.1. The normalized spacial score (nSPS) is 12.3. The van der Waals surface area contributed by atoms with Crippen LogP contribution in [-0.4, -0.2) is 26.9 Å². The van der Waals surface area contributed by atoms with Gasteiger partial charge < -0.3 is 19.4 Å². The maximum Gasteiger partial charge on any atom is 0.277 e. The van der Waals surface area contributed by atoms with Crippen molar-refractivity contribution in [2.45, 2.75) is 6.54 Å². The fourth-order valence-electron chi connectivity index (χ4n) is 3.22. The summed E-state index contributed by atoms with van der Waals surface area (Å²) in [7, 11) is 0. The van der Waals surface area contributed by atoms with Crippen molar-refractivity contribution in [1.29, 1.82) is 0 Å². The summed E-state index contributed by atoms with van der Waals surface area (Å²) in [5.41, 5.74) is 2.21. The molecule has 0 saturated heterocycles. The van der Waals surface area contributed by atoms with Crippen molar-refractivity contribution in [2.75, 3.05) is 12.1 Å². The van der Waals surface area contributed by atoms with E-state index in [-0.39, 0.29) is 24.8 Å². The van der Waals surface area contributed by atoms with E-state index in [1.54, 1.807) is 30.6 Å². The SMILES string of the molecule is O=C(Cn1ccn2nc(-c3ccc4c(c3)OCO4)cc2c1=O)Nc1ccccc1. The molecule has 0 fully saturated rings. The van der Waals surface area contributed by atoms with Crippen LogP contribution in [0.2, 0.25) is 0 Å². The molecule has 3 heterocycles. The zero-order chi connectivity index (χ0) is 19.8. The minimum Gasteiger partial charge on any atom is -0.454 e. The number of rotatable bonds is 4. The van der Waals surface area contributed by atoms with Crippen LogP contribution in [0.5, 0.6) is 11.5 Å². The first-order valence-electron chi connectivity index (χ1n) is 9.01. The van der Waals surface area contributed by atoms with Gasteiger partial charge in [0.15, 0.2) is 11.5 Å². The first kappa shape index (κ1) is 17.1. The van der Waals surface area contributed by atoms with Crippen LogP contribution in [-0.2, 0) is 11.3 Å². The first-order chi connectivity index (χ1) is 14.2. The standard InChI is InChI=1S/C21H16N4O4/c26-20(22-15-4-2-1-3-5-15)12-24-8-9-25-17(21(24)27)11-16(23-25)14-6-7-18-19(10-14)29-13-28-18/h1-11H,12-13H2,(H,22,26). The second-order valence-electron chi connectivity index (χ2n) is 6.57. The Balaban J connectivity index is 1.43. The van der Waals surface area contributed by atoms with E-state index in [1.807, 2.05) is 36.4 Å². The van der Waals surface area contributed by atoms with Gasteiger partial charge in [-0.2, -0.15) is 5.10 Å². The zero-order valence-electron chi connectivity index (χ0n) is 15.2. The average molecular weight is 388 g/mol.